The average molecular weight is 287 g/mol. The first kappa shape index (κ1) is 13.9. The van der Waals surface area contributed by atoms with Gasteiger partial charge in [0.2, 0.25) is 0 Å². The molecule has 3 nitrogen and oxygen atoms in total. The number of likely N-dealkylation sites (N-methyl/N-ethyl adjacent to an activating group) is 1. The predicted molar refractivity (Wildman–Crippen MR) is 79.3 cm³/mol. The molecule has 110 valence electrons. The molecule has 0 amide bonds. The highest BCUT2D eigenvalue weighted by Crippen LogP contribution is 2.35. The summed E-state index contributed by atoms with van der Waals surface area (Å²) in [7, 11) is 3.29. The second-order valence-corrected chi connectivity index (χ2v) is 5.10. The Morgan fingerprint density at radius 1 is 1.24 bits per heavy atom. The highest BCUT2D eigenvalue weighted by atomic mass is 19.1. The molecule has 2 aromatic rings. The van der Waals surface area contributed by atoms with Crippen LogP contribution in [0.5, 0.6) is 11.5 Å². The van der Waals surface area contributed by atoms with Gasteiger partial charge in [-0.15, -0.1) is 0 Å². The van der Waals surface area contributed by atoms with Crippen LogP contribution in [0.25, 0.3) is 0 Å². The summed E-state index contributed by atoms with van der Waals surface area (Å²) < 4.78 is 25.5. The fourth-order valence-corrected chi connectivity index (χ4v) is 2.86. The molecule has 2 aromatic carbocycles. The van der Waals surface area contributed by atoms with Crippen molar-refractivity contribution in [2.45, 2.75) is 18.6 Å². The maximum absolute atomic E-state index is 14.5. The van der Waals surface area contributed by atoms with Crippen molar-refractivity contribution in [1.29, 1.82) is 0 Å². The normalized spacial score (nSPS) is 18.0. The van der Waals surface area contributed by atoms with Crippen LogP contribution in [-0.2, 0) is 6.42 Å². The van der Waals surface area contributed by atoms with Crippen LogP contribution in [0.15, 0.2) is 42.5 Å². The minimum absolute atomic E-state index is 0.131. The summed E-state index contributed by atoms with van der Waals surface area (Å²) in [5, 5.41) is 3.17. The van der Waals surface area contributed by atoms with Crippen LogP contribution in [0.2, 0.25) is 0 Å². The van der Waals surface area contributed by atoms with Gasteiger partial charge in [0, 0.05) is 12.0 Å². The van der Waals surface area contributed by atoms with Crippen molar-refractivity contribution in [2.75, 3.05) is 14.2 Å². The number of methoxy groups -OCH3 is 1. The Hall–Kier alpha value is -2.07. The summed E-state index contributed by atoms with van der Waals surface area (Å²) in [6, 6.07) is 12.9. The number of halogens is 1. The monoisotopic (exact) mass is 287 g/mol. The SMILES string of the molecule is CNC(c1cccc(OC)c1F)C1Cc2ccccc2O1. The zero-order valence-corrected chi connectivity index (χ0v) is 12.1. The molecule has 1 aliphatic rings. The Morgan fingerprint density at radius 2 is 2.05 bits per heavy atom. The van der Waals surface area contributed by atoms with E-state index in [1.807, 2.05) is 31.3 Å². The van der Waals surface area contributed by atoms with E-state index in [0.717, 1.165) is 17.7 Å². The van der Waals surface area contributed by atoms with Crippen molar-refractivity contribution in [2.24, 2.45) is 0 Å². The molecule has 0 radical (unpaired) electrons. The maximum atomic E-state index is 14.5. The van der Waals surface area contributed by atoms with Gasteiger partial charge in [0.05, 0.1) is 13.2 Å². The Kier molecular flexibility index (Phi) is 3.80. The maximum Gasteiger partial charge on any atom is 0.169 e. The van der Waals surface area contributed by atoms with Crippen LogP contribution in [0.1, 0.15) is 17.2 Å². The lowest BCUT2D eigenvalue weighted by Crippen LogP contribution is -2.33. The average Bonchev–Trinajstić information content (AvgIpc) is 2.93. The molecular weight excluding hydrogens is 269 g/mol. The number of hydrogen-bond acceptors (Lipinski definition) is 3. The molecular formula is C17H18FNO2. The molecule has 0 bridgehead atoms. The largest absolute Gasteiger partial charge is 0.494 e. The number of benzene rings is 2. The van der Waals surface area contributed by atoms with Gasteiger partial charge in [-0.1, -0.05) is 30.3 Å². The molecule has 4 heteroatoms. The van der Waals surface area contributed by atoms with Gasteiger partial charge in [-0.05, 0) is 24.7 Å². The van der Waals surface area contributed by atoms with Gasteiger partial charge in [0.15, 0.2) is 11.6 Å². The predicted octanol–water partition coefficient (Wildman–Crippen LogP) is 3.10. The summed E-state index contributed by atoms with van der Waals surface area (Å²) in [4.78, 5) is 0. The number of para-hydroxylation sites is 1. The smallest absolute Gasteiger partial charge is 0.169 e. The Balaban J connectivity index is 1.91. The summed E-state index contributed by atoms with van der Waals surface area (Å²) in [5.41, 5.74) is 1.72. The zero-order valence-electron chi connectivity index (χ0n) is 12.1. The summed E-state index contributed by atoms with van der Waals surface area (Å²) in [5.74, 6) is 0.799. The van der Waals surface area contributed by atoms with Crippen LogP contribution in [0.3, 0.4) is 0 Å². The van der Waals surface area contributed by atoms with Crippen LogP contribution in [0.4, 0.5) is 4.39 Å². The molecule has 1 aliphatic heterocycles. The first-order valence-electron chi connectivity index (χ1n) is 6.99. The van der Waals surface area contributed by atoms with E-state index in [-0.39, 0.29) is 23.7 Å². The molecule has 0 spiro atoms. The van der Waals surface area contributed by atoms with Crippen LogP contribution in [-0.4, -0.2) is 20.3 Å². The van der Waals surface area contributed by atoms with Crippen LogP contribution >= 0.6 is 0 Å². The minimum Gasteiger partial charge on any atom is -0.494 e. The summed E-state index contributed by atoms with van der Waals surface area (Å²) in [6.45, 7) is 0. The lowest BCUT2D eigenvalue weighted by Gasteiger charge is -2.24. The van der Waals surface area contributed by atoms with E-state index in [2.05, 4.69) is 5.32 Å². The number of fused-ring (bicyclic) bond motifs is 1. The Labute approximate surface area is 123 Å². The van der Waals surface area contributed by atoms with Crippen LogP contribution in [0, 0.1) is 5.82 Å². The van der Waals surface area contributed by atoms with Gasteiger partial charge in [-0.2, -0.15) is 0 Å². The number of hydrogen-bond donors (Lipinski definition) is 1. The molecule has 2 atom stereocenters. The fourth-order valence-electron chi connectivity index (χ4n) is 2.86. The molecule has 0 saturated heterocycles. The van der Waals surface area contributed by atoms with E-state index >= 15 is 0 Å². The topological polar surface area (TPSA) is 30.5 Å². The van der Waals surface area contributed by atoms with Crippen molar-refractivity contribution in [3.8, 4) is 11.5 Å². The van der Waals surface area contributed by atoms with Gasteiger partial charge >= 0.3 is 0 Å². The third kappa shape index (κ3) is 2.47. The van der Waals surface area contributed by atoms with Crippen molar-refractivity contribution < 1.29 is 13.9 Å². The minimum atomic E-state index is -0.334. The quantitative estimate of drug-likeness (QED) is 0.937. The molecule has 1 heterocycles. The third-order valence-corrected chi connectivity index (χ3v) is 3.90. The first-order chi connectivity index (χ1) is 10.2. The third-order valence-electron chi connectivity index (χ3n) is 3.90. The Morgan fingerprint density at radius 3 is 2.76 bits per heavy atom. The van der Waals surface area contributed by atoms with E-state index in [4.69, 9.17) is 9.47 Å². The Bertz CT molecular complexity index is 619. The van der Waals surface area contributed by atoms with Gasteiger partial charge in [0.1, 0.15) is 11.9 Å². The molecule has 1 N–H and O–H groups in total. The van der Waals surface area contributed by atoms with E-state index < -0.39 is 0 Å². The van der Waals surface area contributed by atoms with Gasteiger partial charge in [0.25, 0.3) is 0 Å². The van der Waals surface area contributed by atoms with E-state index in [0.29, 0.717) is 5.56 Å². The van der Waals surface area contributed by atoms with Crippen LogP contribution < -0.4 is 14.8 Å². The highest BCUT2D eigenvalue weighted by molar-refractivity contribution is 5.40. The van der Waals surface area contributed by atoms with Gasteiger partial charge in [-0.25, -0.2) is 4.39 Å². The van der Waals surface area contributed by atoms with E-state index in [1.165, 1.54) is 7.11 Å². The van der Waals surface area contributed by atoms with Gasteiger partial charge in [-0.3, -0.25) is 0 Å². The number of nitrogens with one attached hydrogen (secondary N) is 1. The molecule has 2 unspecified atom stereocenters. The van der Waals surface area contributed by atoms with E-state index in [1.54, 1.807) is 18.2 Å². The van der Waals surface area contributed by atoms with Crippen molar-refractivity contribution >= 4 is 0 Å². The fraction of sp³-hybridized carbons (Fsp3) is 0.294. The molecule has 3 rings (SSSR count). The molecule has 21 heavy (non-hydrogen) atoms. The molecule has 0 aromatic heterocycles. The van der Waals surface area contributed by atoms with E-state index in [9.17, 15) is 4.39 Å². The second-order valence-electron chi connectivity index (χ2n) is 5.10. The number of ether oxygens (including phenoxy) is 2. The number of rotatable bonds is 4. The lowest BCUT2D eigenvalue weighted by molar-refractivity contribution is 0.180. The molecule has 0 fully saturated rings. The zero-order chi connectivity index (χ0) is 14.8. The summed E-state index contributed by atoms with van der Waals surface area (Å²) >= 11 is 0. The molecule has 0 aliphatic carbocycles. The van der Waals surface area contributed by atoms with Crippen molar-refractivity contribution in [3.63, 3.8) is 0 Å². The van der Waals surface area contributed by atoms with Crippen molar-refractivity contribution in [1.82, 2.24) is 5.32 Å². The lowest BCUT2D eigenvalue weighted by atomic mass is 9.97. The highest BCUT2D eigenvalue weighted by Gasteiger charge is 2.32. The summed E-state index contributed by atoms with van der Waals surface area (Å²) in [6.07, 6.45) is 0.632. The van der Waals surface area contributed by atoms with Gasteiger partial charge < -0.3 is 14.8 Å². The standard InChI is InChI=1S/C17H18FNO2/c1-19-17(12-7-5-9-14(20-2)16(12)18)15-10-11-6-3-4-8-13(11)21-15/h3-9,15,17,19H,10H2,1-2H3. The second kappa shape index (κ2) is 5.74. The first-order valence-corrected chi connectivity index (χ1v) is 6.99. The molecule has 0 saturated carbocycles. The van der Waals surface area contributed by atoms with Crippen molar-refractivity contribution in [3.05, 3.63) is 59.4 Å².